The average Bonchev–Trinajstić information content (AvgIpc) is 3.13. The standard InChI is InChI=1S/C22H22N4O5/c1-15-7-9-16(10-8-15)23-20(27)13-19-21(28)25(11-12-30-19)14-18-22(29)31-24-26(18)17-5-3-2-4-6-17/h2-10,19H,11-14H2,1H3,(H-,23,24,27,29)/p+1. The predicted octanol–water partition coefficient (Wildman–Crippen LogP) is 1.31. The number of aromatic amines is 1. The Morgan fingerprint density at radius 3 is 2.65 bits per heavy atom. The molecule has 3 aromatic rings. The minimum absolute atomic E-state index is 0.0407. The molecular formula is C22H23N4O5+. The molecule has 31 heavy (non-hydrogen) atoms. The molecule has 1 saturated heterocycles. The molecule has 0 bridgehead atoms. The zero-order valence-corrected chi connectivity index (χ0v) is 17.0. The van der Waals surface area contributed by atoms with Gasteiger partial charge in [-0.05, 0) is 29.0 Å². The van der Waals surface area contributed by atoms with Gasteiger partial charge in [-0.1, -0.05) is 35.9 Å². The van der Waals surface area contributed by atoms with Crippen molar-refractivity contribution in [2.24, 2.45) is 0 Å². The van der Waals surface area contributed by atoms with Gasteiger partial charge in [0, 0.05) is 24.4 Å². The predicted molar refractivity (Wildman–Crippen MR) is 110 cm³/mol. The van der Waals surface area contributed by atoms with Crippen LogP contribution in [-0.2, 0) is 20.9 Å². The number of carbonyl (C=O) groups excluding carboxylic acids is 2. The Bertz CT molecular complexity index is 1120. The van der Waals surface area contributed by atoms with E-state index >= 15 is 0 Å². The summed E-state index contributed by atoms with van der Waals surface area (Å²) in [5.74, 6) is -0.657. The Hall–Kier alpha value is -3.72. The van der Waals surface area contributed by atoms with Crippen LogP contribution in [0.3, 0.4) is 0 Å². The number of aryl methyl sites for hydroxylation is 1. The fraction of sp³-hybridized carbons (Fsp3) is 0.273. The van der Waals surface area contributed by atoms with Gasteiger partial charge in [-0.2, -0.15) is 0 Å². The highest BCUT2D eigenvalue weighted by Gasteiger charge is 2.35. The number of carbonyl (C=O) groups is 2. The molecule has 1 fully saturated rings. The first-order valence-corrected chi connectivity index (χ1v) is 9.96. The summed E-state index contributed by atoms with van der Waals surface area (Å²) in [5, 5.41) is 5.34. The minimum atomic E-state index is -0.907. The van der Waals surface area contributed by atoms with Crippen LogP contribution in [0.1, 0.15) is 17.7 Å². The van der Waals surface area contributed by atoms with E-state index in [2.05, 4.69) is 10.6 Å². The Morgan fingerprint density at radius 1 is 1.16 bits per heavy atom. The molecule has 2 heterocycles. The topological polar surface area (TPSA) is 109 Å². The Labute approximate surface area is 178 Å². The van der Waals surface area contributed by atoms with Gasteiger partial charge >= 0.3 is 11.3 Å². The van der Waals surface area contributed by atoms with Crippen LogP contribution in [0, 0.1) is 6.92 Å². The zero-order valence-electron chi connectivity index (χ0n) is 17.0. The van der Waals surface area contributed by atoms with Crippen molar-refractivity contribution in [2.75, 3.05) is 18.5 Å². The van der Waals surface area contributed by atoms with Crippen molar-refractivity contribution in [3.05, 3.63) is 76.3 Å². The second-order valence-corrected chi connectivity index (χ2v) is 7.34. The fourth-order valence-corrected chi connectivity index (χ4v) is 3.40. The van der Waals surface area contributed by atoms with Gasteiger partial charge < -0.3 is 15.0 Å². The number of H-pyrrole nitrogens is 1. The highest BCUT2D eigenvalue weighted by Crippen LogP contribution is 2.15. The summed E-state index contributed by atoms with van der Waals surface area (Å²) < 4.78 is 12.0. The van der Waals surface area contributed by atoms with Crippen molar-refractivity contribution in [3.8, 4) is 5.69 Å². The van der Waals surface area contributed by atoms with Crippen LogP contribution >= 0.6 is 0 Å². The van der Waals surface area contributed by atoms with Crippen LogP contribution in [0.15, 0.2) is 63.9 Å². The summed E-state index contributed by atoms with van der Waals surface area (Å²) >= 11 is 0. The van der Waals surface area contributed by atoms with Crippen LogP contribution in [0.25, 0.3) is 5.69 Å². The lowest BCUT2D eigenvalue weighted by Gasteiger charge is -2.30. The molecule has 1 unspecified atom stereocenters. The van der Waals surface area contributed by atoms with Gasteiger partial charge in [0.05, 0.1) is 13.0 Å². The van der Waals surface area contributed by atoms with Crippen molar-refractivity contribution >= 4 is 17.5 Å². The van der Waals surface area contributed by atoms with Crippen molar-refractivity contribution in [3.63, 3.8) is 0 Å². The number of morpholine rings is 1. The van der Waals surface area contributed by atoms with Crippen LogP contribution in [0.2, 0.25) is 0 Å². The smallest absolute Gasteiger partial charge is 0.366 e. The molecule has 4 rings (SSSR count). The SMILES string of the molecule is Cc1ccc(NC(=O)CC2OCCN(Cc3c(=O)o[nH][n+]3-c3ccccc3)C2=O)cc1. The summed E-state index contributed by atoms with van der Waals surface area (Å²) in [6.07, 6.45) is -1.01. The molecule has 2 N–H and O–H groups in total. The monoisotopic (exact) mass is 423 g/mol. The number of amides is 2. The third-order valence-electron chi connectivity index (χ3n) is 5.06. The summed E-state index contributed by atoms with van der Waals surface area (Å²) in [6.45, 7) is 2.59. The summed E-state index contributed by atoms with van der Waals surface area (Å²) in [6, 6.07) is 16.5. The largest absolute Gasteiger partial charge is 0.432 e. The maximum atomic E-state index is 12.9. The summed E-state index contributed by atoms with van der Waals surface area (Å²) in [4.78, 5) is 39.0. The highest BCUT2D eigenvalue weighted by atomic mass is 16.5. The van der Waals surface area contributed by atoms with Crippen molar-refractivity contribution in [1.82, 2.24) is 10.2 Å². The number of ether oxygens (including phenoxy) is 1. The van der Waals surface area contributed by atoms with E-state index in [0.717, 1.165) is 5.56 Å². The number of hydrogen-bond donors (Lipinski definition) is 2. The summed E-state index contributed by atoms with van der Waals surface area (Å²) in [7, 11) is 0. The second-order valence-electron chi connectivity index (χ2n) is 7.34. The van der Waals surface area contributed by atoms with Gasteiger partial charge in [-0.3, -0.25) is 14.1 Å². The first-order chi connectivity index (χ1) is 15.0. The van der Waals surface area contributed by atoms with Gasteiger partial charge in [-0.15, -0.1) is 0 Å². The zero-order chi connectivity index (χ0) is 21.8. The van der Waals surface area contributed by atoms with Gasteiger partial charge in [0.1, 0.15) is 12.6 Å². The summed E-state index contributed by atoms with van der Waals surface area (Å²) in [5.41, 5.74) is 2.17. The first kappa shape index (κ1) is 20.5. The van der Waals surface area contributed by atoms with Gasteiger partial charge in [-0.25, -0.2) is 4.79 Å². The van der Waals surface area contributed by atoms with Crippen LogP contribution in [0.5, 0.6) is 0 Å². The lowest BCUT2D eigenvalue weighted by Crippen LogP contribution is -2.51. The normalized spacial score (nSPS) is 16.4. The molecule has 1 aromatic heterocycles. The van der Waals surface area contributed by atoms with Crippen LogP contribution in [0.4, 0.5) is 5.69 Å². The lowest BCUT2D eigenvalue weighted by atomic mass is 10.1. The number of anilines is 1. The molecule has 1 aliphatic heterocycles. The molecule has 9 heteroatoms. The van der Waals surface area contributed by atoms with E-state index in [-0.39, 0.29) is 37.1 Å². The maximum Gasteiger partial charge on any atom is 0.432 e. The van der Waals surface area contributed by atoms with Crippen LogP contribution < -0.4 is 15.6 Å². The Kier molecular flexibility index (Phi) is 5.94. The van der Waals surface area contributed by atoms with Crippen LogP contribution in [-0.4, -0.2) is 41.2 Å². The molecule has 0 radical (unpaired) electrons. The van der Waals surface area contributed by atoms with Gasteiger partial charge in [0.15, 0.2) is 0 Å². The molecule has 2 aromatic carbocycles. The highest BCUT2D eigenvalue weighted by molar-refractivity contribution is 5.95. The van der Waals surface area contributed by atoms with E-state index in [4.69, 9.17) is 9.26 Å². The van der Waals surface area contributed by atoms with Crippen molar-refractivity contribution in [2.45, 2.75) is 26.0 Å². The molecule has 2 amide bonds. The number of hydrogen-bond acceptors (Lipinski definition) is 5. The third-order valence-corrected chi connectivity index (χ3v) is 5.06. The molecular weight excluding hydrogens is 400 g/mol. The first-order valence-electron chi connectivity index (χ1n) is 9.96. The third kappa shape index (κ3) is 4.72. The maximum absolute atomic E-state index is 12.9. The number of nitrogens with one attached hydrogen (secondary N) is 2. The molecule has 1 aliphatic rings. The average molecular weight is 423 g/mol. The van der Waals surface area contributed by atoms with E-state index in [9.17, 15) is 14.4 Å². The van der Waals surface area contributed by atoms with E-state index in [1.807, 2.05) is 49.4 Å². The lowest BCUT2D eigenvalue weighted by molar-refractivity contribution is -0.678. The van der Waals surface area contributed by atoms with E-state index in [1.54, 1.807) is 12.1 Å². The minimum Gasteiger partial charge on any atom is -0.366 e. The Morgan fingerprint density at radius 2 is 1.90 bits per heavy atom. The van der Waals surface area contributed by atoms with E-state index in [1.165, 1.54) is 9.58 Å². The number of aromatic nitrogens is 2. The number of benzene rings is 2. The fourth-order valence-electron chi connectivity index (χ4n) is 3.40. The van der Waals surface area contributed by atoms with E-state index < -0.39 is 11.7 Å². The van der Waals surface area contributed by atoms with Gasteiger partial charge in [0.25, 0.3) is 5.91 Å². The van der Waals surface area contributed by atoms with Gasteiger partial charge in [0.2, 0.25) is 11.6 Å². The van der Waals surface area contributed by atoms with E-state index in [0.29, 0.717) is 17.9 Å². The molecule has 0 saturated carbocycles. The number of rotatable bonds is 6. The van der Waals surface area contributed by atoms with Crippen molar-refractivity contribution in [1.29, 1.82) is 0 Å². The quantitative estimate of drug-likeness (QED) is 0.581. The molecule has 1 atom stereocenters. The molecule has 0 aliphatic carbocycles. The molecule has 9 nitrogen and oxygen atoms in total. The number of nitrogens with zero attached hydrogens (tertiary/aromatic N) is 2. The molecule has 160 valence electrons. The Balaban J connectivity index is 1.44. The molecule has 0 spiro atoms. The second kappa shape index (κ2) is 8.97. The number of para-hydroxylation sites is 1. The van der Waals surface area contributed by atoms with Crippen molar-refractivity contribution < 1.29 is 23.5 Å².